The Labute approximate surface area is 86.1 Å². The fourth-order valence-electron chi connectivity index (χ4n) is 1.65. The van der Waals surface area contributed by atoms with Crippen LogP contribution in [0.1, 0.15) is 12.8 Å². The van der Waals surface area contributed by atoms with Gasteiger partial charge in [0, 0.05) is 0 Å². The smallest absolute Gasteiger partial charge is 0.119 e. The van der Waals surface area contributed by atoms with Crippen LogP contribution < -0.4 is 15.5 Å². The highest BCUT2D eigenvalue weighted by atomic mass is 16.5. The Kier molecular flexibility index (Phi) is 3.09. The molecule has 0 saturated carbocycles. The summed E-state index contributed by atoms with van der Waals surface area (Å²) in [5.41, 5.74) is 0.780. The van der Waals surface area contributed by atoms with Gasteiger partial charge in [0.15, 0.2) is 0 Å². The molecule has 2 rings (SSSR count). The predicted molar refractivity (Wildman–Crippen MR) is 58.3 cm³/mol. The summed E-state index contributed by atoms with van der Waals surface area (Å²) >= 11 is 0. The fraction of sp³-hybridized carbons (Fsp3) is 0.455. The van der Waals surface area contributed by atoms with Gasteiger partial charge in [0.25, 0.3) is 0 Å². The topological polar surface area (TPSA) is 21.3 Å². The number of hydrogen-bond donors (Lipinski definition) is 1. The Balaban J connectivity index is 1.92. The largest absolute Gasteiger partial charge is 0.490 e. The summed E-state index contributed by atoms with van der Waals surface area (Å²) < 4.78 is 5.81. The lowest BCUT2D eigenvalue weighted by molar-refractivity contribution is 0.162. The lowest BCUT2D eigenvalue weighted by Gasteiger charge is -2.23. The van der Waals surface area contributed by atoms with Crippen LogP contribution in [0.15, 0.2) is 24.3 Å². The van der Waals surface area contributed by atoms with Gasteiger partial charge in [0.05, 0.1) is 0 Å². The van der Waals surface area contributed by atoms with Crippen LogP contribution in [-0.2, 0) is 0 Å². The third-order valence-electron chi connectivity index (χ3n) is 2.47. The molecule has 1 aliphatic heterocycles. The van der Waals surface area contributed by atoms with E-state index in [0.29, 0.717) is 6.10 Å². The summed E-state index contributed by atoms with van der Waals surface area (Å²) in [5.74, 6) is 0.922. The van der Waals surface area contributed by atoms with Crippen molar-refractivity contribution in [1.29, 1.82) is 0 Å². The van der Waals surface area contributed by atoms with Crippen LogP contribution in [-0.4, -0.2) is 27.0 Å². The summed E-state index contributed by atoms with van der Waals surface area (Å²) in [6, 6.07) is 7.60. The molecule has 1 heterocycles. The Morgan fingerprint density at radius 2 is 1.79 bits per heavy atom. The van der Waals surface area contributed by atoms with Crippen LogP contribution >= 0.6 is 0 Å². The Morgan fingerprint density at radius 3 is 2.43 bits per heavy atom. The lowest BCUT2D eigenvalue weighted by atomic mass is 9.97. The molecule has 3 heteroatoms. The van der Waals surface area contributed by atoms with Gasteiger partial charge in [0.1, 0.15) is 19.7 Å². The second-order valence-electron chi connectivity index (χ2n) is 3.64. The monoisotopic (exact) mass is 187 g/mol. The van der Waals surface area contributed by atoms with Crippen molar-refractivity contribution < 1.29 is 4.74 Å². The molecule has 0 unspecified atom stereocenters. The zero-order chi connectivity index (χ0) is 9.80. The molecule has 2 radical (unpaired) electrons. The highest BCUT2D eigenvalue weighted by molar-refractivity contribution is 6.32. The summed E-state index contributed by atoms with van der Waals surface area (Å²) in [6.07, 6.45) is 2.54. The van der Waals surface area contributed by atoms with Crippen LogP contribution in [0.3, 0.4) is 0 Å². The number of ether oxygens (including phenoxy) is 1. The van der Waals surface area contributed by atoms with Crippen molar-refractivity contribution in [3.05, 3.63) is 24.3 Å². The molecule has 2 nitrogen and oxygen atoms in total. The van der Waals surface area contributed by atoms with Gasteiger partial charge in [-0.15, -0.1) is 0 Å². The first kappa shape index (κ1) is 9.59. The van der Waals surface area contributed by atoms with E-state index in [0.717, 1.165) is 37.1 Å². The maximum absolute atomic E-state index is 5.81. The molecule has 0 aromatic heterocycles. The Bertz CT molecular complexity index is 280. The van der Waals surface area contributed by atoms with Gasteiger partial charge in [-0.3, -0.25) is 0 Å². The van der Waals surface area contributed by atoms with Gasteiger partial charge in [-0.2, -0.15) is 0 Å². The first-order valence-electron chi connectivity index (χ1n) is 5.07. The molecule has 1 N–H and O–H groups in total. The Morgan fingerprint density at radius 1 is 1.14 bits per heavy atom. The number of benzene rings is 1. The molecule has 1 aliphatic rings. The normalized spacial score (nSPS) is 18.0. The summed E-state index contributed by atoms with van der Waals surface area (Å²) in [6.45, 7) is 2.11. The van der Waals surface area contributed by atoms with Crippen LogP contribution in [0, 0.1) is 0 Å². The van der Waals surface area contributed by atoms with Crippen LogP contribution in [0.25, 0.3) is 0 Å². The van der Waals surface area contributed by atoms with Crippen molar-refractivity contribution in [2.24, 2.45) is 0 Å². The van der Waals surface area contributed by atoms with Gasteiger partial charge in [-0.25, -0.2) is 0 Å². The third kappa shape index (κ3) is 2.52. The summed E-state index contributed by atoms with van der Waals surface area (Å²) in [4.78, 5) is 0. The molecule has 1 aromatic rings. The van der Waals surface area contributed by atoms with Gasteiger partial charge in [0.2, 0.25) is 0 Å². The van der Waals surface area contributed by atoms with Crippen molar-refractivity contribution >= 4 is 13.3 Å². The second kappa shape index (κ2) is 4.51. The van der Waals surface area contributed by atoms with Gasteiger partial charge >= 0.3 is 0 Å². The number of nitrogens with one attached hydrogen (secondary N) is 1. The van der Waals surface area contributed by atoms with Crippen molar-refractivity contribution in [2.75, 3.05) is 13.1 Å². The van der Waals surface area contributed by atoms with Crippen molar-refractivity contribution in [2.45, 2.75) is 18.9 Å². The minimum absolute atomic E-state index is 0.361. The van der Waals surface area contributed by atoms with Crippen molar-refractivity contribution in [1.82, 2.24) is 5.32 Å². The molecule has 0 aliphatic carbocycles. The van der Waals surface area contributed by atoms with E-state index in [9.17, 15) is 0 Å². The molecule has 0 spiro atoms. The average molecular weight is 187 g/mol. The first-order valence-corrected chi connectivity index (χ1v) is 5.07. The minimum atomic E-state index is 0.361. The molecule has 14 heavy (non-hydrogen) atoms. The molecular weight excluding hydrogens is 173 g/mol. The van der Waals surface area contributed by atoms with Gasteiger partial charge in [-0.05, 0) is 38.1 Å². The summed E-state index contributed by atoms with van der Waals surface area (Å²) in [5, 5.41) is 3.31. The maximum atomic E-state index is 5.81. The average Bonchev–Trinajstić information content (AvgIpc) is 2.23. The van der Waals surface area contributed by atoms with E-state index in [4.69, 9.17) is 12.6 Å². The summed E-state index contributed by atoms with van der Waals surface area (Å²) in [7, 11) is 5.59. The zero-order valence-electron chi connectivity index (χ0n) is 8.20. The Hall–Kier alpha value is -0.955. The van der Waals surface area contributed by atoms with Crippen molar-refractivity contribution in [3.8, 4) is 5.75 Å². The van der Waals surface area contributed by atoms with E-state index >= 15 is 0 Å². The molecule has 72 valence electrons. The zero-order valence-corrected chi connectivity index (χ0v) is 8.20. The third-order valence-corrected chi connectivity index (χ3v) is 2.47. The van der Waals surface area contributed by atoms with Gasteiger partial charge < -0.3 is 10.1 Å². The number of hydrogen-bond acceptors (Lipinski definition) is 2. The lowest BCUT2D eigenvalue weighted by Crippen LogP contribution is -2.34. The molecule has 1 aromatic carbocycles. The highest BCUT2D eigenvalue weighted by Gasteiger charge is 2.13. The first-order chi connectivity index (χ1) is 6.84. The molecule has 1 saturated heterocycles. The minimum Gasteiger partial charge on any atom is -0.490 e. The van der Waals surface area contributed by atoms with E-state index in [1.165, 1.54) is 0 Å². The standard InChI is InChI=1S/C11H14BNO/c12-9-1-3-10(4-2-9)14-11-5-7-13-8-6-11/h1-4,11,13H,5-8H2. The number of rotatable bonds is 2. The van der Waals surface area contributed by atoms with E-state index in [-0.39, 0.29) is 0 Å². The molecule has 0 amide bonds. The SMILES string of the molecule is [B]c1ccc(OC2CCNCC2)cc1. The molecule has 0 bridgehead atoms. The second-order valence-corrected chi connectivity index (χ2v) is 3.64. The van der Waals surface area contributed by atoms with Gasteiger partial charge in [-0.1, -0.05) is 17.6 Å². The predicted octanol–water partition coefficient (Wildman–Crippen LogP) is 0.611. The molecular formula is C11H14BNO. The van der Waals surface area contributed by atoms with Crippen LogP contribution in [0.4, 0.5) is 0 Å². The fourth-order valence-corrected chi connectivity index (χ4v) is 1.65. The molecule has 0 atom stereocenters. The van der Waals surface area contributed by atoms with E-state index in [2.05, 4.69) is 5.32 Å². The van der Waals surface area contributed by atoms with E-state index in [1.807, 2.05) is 24.3 Å². The van der Waals surface area contributed by atoms with E-state index < -0.39 is 0 Å². The quantitative estimate of drug-likeness (QED) is 0.685. The highest BCUT2D eigenvalue weighted by Crippen LogP contribution is 2.14. The van der Waals surface area contributed by atoms with Crippen molar-refractivity contribution in [3.63, 3.8) is 0 Å². The van der Waals surface area contributed by atoms with Crippen LogP contribution in [0.2, 0.25) is 0 Å². The maximum Gasteiger partial charge on any atom is 0.119 e. The van der Waals surface area contributed by atoms with Crippen LogP contribution in [0.5, 0.6) is 5.75 Å². The number of piperidine rings is 1. The molecule has 1 fully saturated rings. The van der Waals surface area contributed by atoms with E-state index in [1.54, 1.807) is 0 Å².